The lowest BCUT2D eigenvalue weighted by Gasteiger charge is -2.37. The molecule has 0 spiro atoms. The van der Waals surface area contributed by atoms with Crippen molar-refractivity contribution < 1.29 is 8.63 Å². The molecule has 1 N–H and O–H groups in total. The van der Waals surface area contributed by atoms with E-state index in [2.05, 4.69) is 43.6 Å². The van der Waals surface area contributed by atoms with Crippen LogP contribution in [0.3, 0.4) is 0 Å². The maximum atomic E-state index is 12.5. The Kier molecular flexibility index (Phi) is 6.77. The molecular weight excluding hydrogens is 344 g/mol. The lowest BCUT2D eigenvalue weighted by atomic mass is 10.2. The maximum Gasteiger partial charge on any atom is 0.192 e. The molecule has 23 heavy (non-hydrogen) atoms. The molecule has 1 heterocycles. The molecule has 0 saturated carbocycles. The topological polar surface area (TPSA) is 51.2 Å². The minimum absolute atomic E-state index is 0.0876. The summed E-state index contributed by atoms with van der Waals surface area (Å²) in [5, 5.41) is 1.17. The summed E-state index contributed by atoms with van der Waals surface area (Å²) in [6, 6.07) is -0.0876. The zero-order valence-electron chi connectivity index (χ0n) is 15.9. The Morgan fingerprint density at radius 1 is 1.30 bits per heavy atom. The fraction of sp³-hybridized carbons (Fsp3) is 0.812. The van der Waals surface area contributed by atoms with Gasteiger partial charge in [0.05, 0.1) is 33.4 Å². The van der Waals surface area contributed by atoms with E-state index in [9.17, 15) is 4.21 Å². The first-order valence-electron chi connectivity index (χ1n) is 7.98. The summed E-state index contributed by atoms with van der Waals surface area (Å²) >= 11 is 1.63. The van der Waals surface area contributed by atoms with Crippen LogP contribution in [0.4, 0.5) is 0 Å². The molecule has 0 amide bonds. The Morgan fingerprint density at radius 3 is 2.26 bits per heavy atom. The monoisotopic (exact) mass is 376 g/mol. The van der Waals surface area contributed by atoms with Crippen molar-refractivity contribution in [3.8, 4) is 0 Å². The number of nitrogens with one attached hydrogen (secondary N) is 1. The Hall–Kier alpha value is -0.0831. The molecule has 134 valence electrons. The predicted molar refractivity (Wildman–Crippen MR) is 104 cm³/mol. The lowest BCUT2D eigenvalue weighted by Crippen LogP contribution is -2.44. The molecule has 0 aliphatic carbocycles. The average molecular weight is 377 g/mol. The molecule has 1 rings (SSSR count). The van der Waals surface area contributed by atoms with Crippen molar-refractivity contribution in [3.05, 3.63) is 16.1 Å². The van der Waals surface area contributed by atoms with Crippen molar-refractivity contribution in [2.45, 2.75) is 77.4 Å². The molecule has 0 unspecified atom stereocenters. The highest BCUT2D eigenvalue weighted by molar-refractivity contribution is 7.84. The molecule has 0 saturated heterocycles. The highest BCUT2D eigenvalue weighted by Crippen LogP contribution is 2.37. The molecule has 4 nitrogen and oxygen atoms in total. The Bertz CT molecular complexity index is 545. The number of hydrogen-bond donors (Lipinski definition) is 1. The van der Waals surface area contributed by atoms with Crippen LogP contribution in [0.2, 0.25) is 18.1 Å². The third kappa shape index (κ3) is 6.05. The van der Waals surface area contributed by atoms with Gasteiger partial charge in [-0.3, -0.25) is 0 Å². The van der Waals surface area contributed by atoms with Crippen LogP contribution in [0, 0.1) is 6.92 Å². The van der Waals surface area contributed by atoms with E-state index in [1.54, 1.807) is 11.3 Å². The Labute approximate surface area is 149 Å². The van der Waals surface area contributed by atoms with Gasteiger partial charge in [0, 0.05) is 11.1 Å². The van der Waals surface area contributed by atoms with Crippen LogP contribution in [-0.2, 0) is 15.4 Å². The minimum Gasteiger partial charge on any atom is -0.415 e. The van der Waals surface area contributed by atoms with E-state index in [-0.39, 0.29) is 15.8 Å². The van der Waals surface area contributed by atoms with Crippen LogP contribution in [0.1, 0.15) is 57.5 Å². The van der Waals surface area contributed by atoms with Crippen LogP contribution in [0.25, 0.3) is 0 Å². The van der Waals surface area contributed by atoms with E-state index in [0.29, 0.717) is 6.61 Å². The quantitative estimate of drug-likeness (QED) is 0.740. The van der Waals surface area contributed by atoms with Gasteiger partial charge in [-0.2, -0.15) is 0 Å². The average Bonchev–Trinajstić information content (AvgIpc) is 2.78. The lowest BCUT2D eigenvalue weighted by molar-refractivity contribution is 0.259. The van der Waals surface area contributed by atoms with Crippen LogP contribution in [0.15, 0.2) is 6.20 Å². The fourth-order valence-electron chi connectivity index (χ4n) is 1.53. The molecule has 0 radical (unpaired) electrons. The number of aromatic nitrogens is 1. The molecule has 0 aliphatic heterocycles. The third-order valence-electron chi connectivity index (χ3n) is 4.21. The zero-order valence-corrected chi connectivity index (χ0v) is 18.6. The summed E-state index contributed by atoms with van der Waals surface area (Å²) in [5.41, 5.74) is 0. The summed E-state index contributed by atoms with van der Waals surface area (Å²) in [6.07, 6.45) is 1.87. The summed E-state index contributed by atoms with van der Waals surface area (Å²) in [7, 11) is -2.99. The Balaban J connectivity index is 2.91. The van der Waals surface area contributed by atoms with Crippen molar-refractivity contribution in [3.63, 3.8) is 0 Å². The van der Waals surface area contributed by atoms with E-state index in [4.69, 9.17) is 4.43 Å². The SMILES string of the molecule is Cc1ncc([C@H](CO[Si](C)(C)C(C)(C)C)N[S@](=O)C(C)(C)C)s1. The smallest absolute Gasteiger partial charge is 0.192 e. The molecule has 2 atom stereocenters. The molecule has 7 heteroatoms. The molecule has 0 fully saturated rings. The summed E-state index contributed by atoms with van der Waals surface area (Å²) in [5.74, 6) is 0. The number of rotatable bonds is 6. The van der Waals surface area contributed by atoms with Gasteiger partial charge >= 0.3 is 0 Å². The summed E-state index contributed by atoms with van der Waals surface area (Å²) in [4.78, 5) is 5.42. The van der Waals surface area contributed by atoms with Gasteiger partial charge in [0.1, 0.15) is 0 Å². The van der Waals surface area contributed by atoms with Gasteiger partial charge in [-0.25, -0.2) is 13.9 Å². The van der Waals surface area contributed by atoms with Crippen molar-refractivity contribution in [1.82, 2.24) is 9.71 Å². The van der Waals surface area contributed by atoms with Crippen molar-refractivity contribution in [1.29, 1.82) is 0 Å². The van der Waals surface area contributed by atoms with Crippen LogP contribution >= 0.6 is 11.3 Å². The number of thiazole rings is 1. The Morgan fingerprint density at radius 2 is 1.87 bits per heavy atom. The predicted octanol–water partition coefficient (Wildman–Crippen LogP) is 4.57. The largest absolute Gasteiger partial charge is 0.415 e. The third-order valence-corrected chi connectivity index (χ3v) is 11.3. The second-order valence-electron chi connectivity index (χ2n) is 8.40. The molecule has 1 aromatic rings. The van der Waals surface area contributed by atoms with Gasteiger partial charge in [-0.15, -0.1) is 11.3 Å². The van der Waals surface area contributed by atoms with Crippen LogP contribution < -0.4 is 4.72 Å². The van der Waals surface area contributed by atoms with Gasteiger partial charge in [0.25, 0.3) is 0 Å². The van der Waals surface area contributed by atoms with Gasteiger partial charge in [0.2, 0.25) is 0 Å². The van der Waals surface area contributed by atoms with Crippen LogP contribution in [0.5, 0.6) is 0 Å². The molecule has 0 bridgehead atoms. The van der Waals surface area contributed by atoms with Crippen molar-refractivity contribution >= 4 is 30.6 Å². The second kappa shape index (κ2) is 7.43. The van der Waals surface area contributed by atoms with E-state index < -0.39 is 19.3 Å². The highest BCUT2D eigenvalue weighted by atomic mass is 32.2. The fourth-order valence-corrected chi connectivity index (χ4v) is 4.25. The normalized spacial score (nSPS) is 16.4. The van der Waals surface area contributed by atoms with E-state index >= 15 is 0 Å². The van der Waals surface area contributed by atoms with E-state index in [0.717, 1.165) is 9.88 Å². The standard InChI is InChI=1S/C16H32N2O2S2Si/c1-12-17-10-14(21-12)13(18-22(19)15(2,3)4)11-20-23(8,9)16(5,6)7/h10,13,18H,11H2,1-9H3/t13-,22+/m0/s1. The molecular formula is C16H32N2O2S2Si. The minimum atomic E-state index is -1.85. The zero-order chi connectivity index (χ0) is 18.1. The van der Waals surface area contributed by atoms with Gasteiger partial charge in [-0.05, 0) is 45.8 Å². The first kappa shape index (κ1) is 21.0. The van der Waals surface area contributed by atoms with E-state index in [1.807, 2.05) is 33.9 Å². The van der Waals surface area contributed by atoms with Crippen molar-refractivity contribution in [2.75, 3.05) is 6.61 Å². The summed E-state index contributed by atoms with van der Waals surface area (Å²) in [6.45, 7) is 19.6. The van der Waals surface area contributed by atoms with Gasteiger partial charge in [0.15, 0.2) is 8.32 Å². The van der Waals surface area contributed by atoms with Gasteiger partial charge in [-0.1, -0.05) is 20.8 Å². The number of nitrogens with zero attached hydrogens (tertiary/aromatic N) is 1. The molecule has 0 aromatic carbocycles. The first-order valence-corrected chi connectivity index (χ1v) is 12.9. The second-order valence-corrected chi connectivity index (χ2v) is 16.5. The first-order chi connectivity index (χ1) is 10.2. The van der Waals surface area contributed by atoms with Crippen molar-refractivity contribution in [2.24, 2.45) is 0 Å². The maximum absolute atomic E-state index is 12.5. The van der Waals surface area contributed by atoms with E-state index in [1.165, 1.54) is 0 Å². The number of hydrogen-bond acceptors (Lipinski definition) is 4. The molecule has 1 aromatic heterocycles. The van der Waals surface area contributed by atoms with Crippen LogP contribution in [-0.4, -0.2) is 28.9 Å². The molecule has 0 aliphatic rings. The summed E-state index contributed by atoms with van der Waals surface area (Å²) < 4.78 is 21.8. The highest BCUT2D eigenvalue weighted by Gasteiger charge is 2.38. The van der Waals surface area contributed by atoms with Gasteiger partial charge < -0.3 is 4.43 Å². The number of aryl methyl sites for hydroxylation is 1.